The monoisotopic (exact) mass is 251 g/mol. The van der Waals surface area contributed by atoms with E-state index in [1.165, 1.54) is 32.4 Å². The van der Waals surface area contributed by atoms with Gasteiger partial charge in [-0.1, -0.05) is 20.3 Å². The Kier molecular flexibility index (Phi) is 6.67. The van der Waals surface area contributed by atoms with Crippen LogP contribution >= 0.6 is 0 Å². The number of nitriles is 1. The van der Waals surface area contributed by atoms with Crippen LogP contribution in [0, 0.1) is 17.2 Å². The van der Waals surface area contributed by atoms with E-state index in [1.54, 1.807) is 0 Å². The molecule has 18 heavy (non-hydrogen) atoms. The third-order valence-electron chi connectivity index (χ3n) is 4.01. The Morgan fingerprint density at radius 3 is 2.78 bits per heavy atom. The summed E-state index contributed by atoms with van der Waals surface area (Å²) in [7, 11) is 0. The van der Waals surface area contributed by atoms with Gasteiger partial charge in [0, 0.05) is 13.1 Å². The molecule has 1 saturated heterocycles. The van der Waals surface area contributed by atoms with Crippen molar-refractivity contribution in [3.05, 3.63) is 0 Å². The second-order valence-corrected chi connectivity index (χ2v) is 5.86. The summed E-state index contributed by atoms with van der Waals surface area (Å²) in [6.07, 6.45) is 6.02. The average molecular weight is 251 g/mol. The van der Waals surface area contributed by atoms with Crippen LogP contribution in [-0.4, -0.2) is 36.6 Å². The zero-order valence-electron chi connectivity index (χ0n) is 12.3. The van der Waals surface area contributed by atoms with Gasteiger partial charge in [0.25, 0.3) is 0 Å². The molecule has 0 spiro atoms. The lowest BCUT2D eigenvalue weighted by atomic mass is 9.99. The molecule has 0 aliphatic carbocycles. The highest BCUT2D eigenvalue weighted by atomic mass is 15.1. The molecule has 3 heteroatoms. The van der Waals surface area contributed by atoms with Crippen LogP contribution in [0.1, 0.15) is 52.9 Å². The first-order valence-electron chi connectivity index (χ1n) is 7.52. The molecule has 104 valence electrons. The third-order valence-corrected chi connectivity index (χ3v) is 4.01. The molecule has 2 atom stereocenters. The molecule has 1 aliphatic rings. The molecule has 1 N–H and O–H groups in total. The van der Waals surface area contributed by atoms with Gasteiger partial charge in [-0.25, -0.2) is 0 Å². The Bertz CT molecular complexity index is 271. The van der Waals surface area contributed by atoms with Crippen molar-refractivity contribution in [1.82, 2.24) is 10.2 Å². The van der Waals surface area contributed by atoms with Crippen molar-refractivity contribution in [2.45, 2.75) is 58.4 Å². The third kappa shape index (κ3) is 4.96. The zero-order valence-corrected chi connectivity index (χ0v) is 12.3. The number of rotatable bonds is 8. The number of likely N-dealkylation sites (tertiary alicyclic amines) is 1. The van der Waals surface area contributed by atoms with Crippen molar-refractivity contribution in [2.24, 2.45) is 5.92 Å². The Morgan fingerprint density at radius 2 is 2.17 bits per heavy atom. The predicted molar refractivity (Wildman–Crippen MR) is 76.4 cm³/mol. The molecule has 0 radical (unpaired) electrons. The van der Waals surface area contributed by atoms with Gasteiger partial charge < -0.3 is 4.90 Å². The Hall–Kier alpha value is -0.590. The van der Waals surface area contributed by atoms with E-state index in [0.29, 0.717) is 0 Å². The minimum Gasteiger partial charge on any atom is -0.303 e. The van der Waals surface area contributed by atoms with Gasteiger partial charge in [-0.3, -0.25) is 5.32 Å². The first-order chi connectivity index (χ1) is 8.63. The van der Waals surface area contributed by atoms with Crippen molar-refractivity contribution < 1.29 is 0 Å². The zero-order chi connectivity index (χ0) is 13.4. The number of hydrogen-bond donors (Lipinski definition) is 1. The first-order valence-corrected chi connectivity index (χ1v) is 7.52. The normalized spacial score (nSPS) is 23.8. The summed E-state index contributed by atoms with van der Waals surface area (Å²) >= 11 is 0. The Morgan fingerprint density at radius 1 is 1.39 bits per heavy atom. The van der Waals surface area contributed by atoms with Gasteiger partial charge in [-0.2, -0.15) is 5.26 Å². The summed E-state index contributed by atoms with van der Waals surface area (Å²) in [6, 6.07) is 2.44. The lowest BCUT2D eigenvalue weighted by Crippen LogP contribution is -2.44. The molecule has 1 fully saturated rings. The second-order valence-electron chi connectivity index (χ2n) is 5.86. The Balaban J connectivity index is 2.29. The highest BCUT2D eigenvalue weighted by molar-refractivity contribution is 5.04. The van der Waals surface area contributed by atoms with Crippen molar-refractivity contribution in [3.63, 3.8) is 0 Å². The fourth-order valence-corrected chi connectivity index (χ4v) is 2.73. The maximum absolute atomic E-state index is 9.29. The summed E-state index contributed by atoms with van der Waals surface area (Å²) in [4.78, 5) is 2.53. The highest BCUT2D eigenvalue weighted by Gasteiger charge is 2.26. The molecular formula is C15H29N3. The van der Waals surface area contributed by atoms with E-state index < -0.39 is 0 Å². The molecule has 0 saturated carbocycles. The van der Waals surface area contributed by atoms with Gasteiger partial charge in [0.15, 0.2) is 0 Å². The molecule has 0 aromatic carbocycles. The standard InChI is InChI=1S/C15H29N3/c1-4-6-14-7-10-18(12-14)11-8-15(3,13-16)17-9-5-2/h14,17H,4-12H2,1-3H3. The van der Waals surface area contributed by atoms with Gasteiger partial charge >= 0.3 is 0 Å². The average Bonchev–Trinajstić information content (AvgIpc) is 2.82. The molecule has 0 amide bonds. The van der Waals surface area contributed by atoms with Crippen molar-refractivity contribution in [1.29, 1.82) is 5.26 Å². The van der Waals surface area contributed by atoms with E-state index in [1.807, 2.05) is 6.92 Å². The first kappa shape index (κ1) is 15.5. The number of nitrogens with zero attached hydrogens (tertiary/aromatic N) is 2. The van der Waals surface area contributed by atoms with Gasteiger partial charge in [0.1, 0.15) is 5.54 Å². The van der Waals surface area contributed by atoms with E-state index in [-0.39, 0.29) is 5.54 Å². The van der Waals surface area contributed by atoms with Crippen LogP contribution in [0.3, 0.4) is 0 Å². The minimum atomic E-state index is -0.348. The van der Waals surface area contributed by atoms with Crippen LogP contribution in [-0.2, 0) is 0 Å². The van der Waals surface area contributed by atoms with E-state index in [4.69, 9.17) is 0 Å². The summed E-state index contributed by atoms with van der Waals surface area (Å²) < 4.78 is 0. The second kappa shape index (κ2) is 7.76. The van der Waals surface area contributed by atoms with Crippen LogP contribution in [0.4, 0.5) is 0 Å². The van der Waals surface area contributed by atoms with Crippen LogP contribution in [0.5, 0.6) is 0 Å². The van der Waals surface area contributed by atoms with Crippen molar-refractivity contribution in [2.75, 3.05) is 26.2 Å². The predicted octanol–water partition coefficient (Wildman–Crippen LogP) is 2.78. The smallest absolute Gasteiger partial charge is 0.105 e. The summed E-state index contributed by atoms with van der Waals surface area (Å²) in [5, 5.41) is 12.7. The minimum absolute atomic E-state index is 0.348. The maximum Gasteiger partial charge on any atom is 0.105 e. The molecular weight excluding hydrogens is 222 g/mol. The fourth-order valence-electron chi connectivity index (χ4n) is 2.73. The highest BCUT2D eigenvalue weighted by Crippen LogP contribution is 2.22. The molecule has 1 rings (SSSR count). The Labute approximate surface area is 113 Å². The lowest BCUT2D eigenvalue weighted by Gasteiger charge is -2.26. The maximum atomic E-state index is 9.29. The molecule has 0 aromatic heterocycles. The van der Waals surface area contributed by atoms with Gasteiger partial charge in [0.05, 0.1) is 6.07 Å². The van der Waals surface area contributed by atoms with E-state index in [0.717, 1.165) is 31.8 Å². The lowest BCUT2D eigenvalue weighted by molar-refractivity contribution is 0.279. The van der Waals surface area contributed by atoms with Crippen LogP contribution in [0.15, 0.2) is 0 Å². The largest absolute Gasteiger partial charge is 0.303 e. The summed E-state index contributed by atoms with van der Waals surface area (Å²) in [6.45, 7) is 10.9. The molecule has 2 unspecified atom stereocenters. The fraction of sp³-hybridized carbons (Fsp3) is 0.933. The van der Waals surface area contributed by atoms with Crippen molar-refractivity contribution >= 4 is 0 Å². The van der Waals surface area contributed by atoms with Gasteiger partial charge in [-0.05, 0) is 51.6 Å². The topological polar surface area (TPSA) is 39.1 Å². The molecule has 0 bridgehead atoms. The molecule has 1 aliphatic heterocycles. The number of hydrogen-bond acceptors (Lipinski definition) is 3. The summed E-state index contributed by atoms with van der Waals surface area (Å²) in [5.74, 6) is 0.895. The summed E-state index contributed by atoms with van der Waals surface area (Å²) in [5.41, 5.74) is -0.348. The van der Waals surface area contributed by atoms with Crippen molar-refractivity contribution in [3.8, 4) is 6.07 Å². The van der Waals surface area contributed by atoms with E-state index >= 15 is 0 Å². The molecule has 1 heterocycles. The van der Waals surface area contributed by atoms with Crippen LogP contribution in [0.2, 0.25) is 0 Å². The quantitative estimate of drug-likeness (QED) is 0.721. The van der Waals surface area contributed by atoms with Crippen LogP contribution < -0.4 is 5.32 Å². The van der Waals surface area contributed by atoms with Crippen LogP contribution in [0.25, 0.3) is 0 Å². The van der Waals surface area contributed by atoms with E-state index in [9.17, 15) is 5.26 Å². The van der Waals surface area contributed by atoms with Gasteiger partial charge in [-0.15, -0.1) is 0 Å². The van der Waals surface area contributed by atoms with Gasteiger partial charge in [0.2, 0.25) is 0 Å². The number of nitrogens with one attached hydrogen (secondary N) is 1. The van der Waals surface area contributed by atoms with E-state index in [2.05, 4.69) is 30.1 Å². The molecule has 3 nitrogen and oxygen atoms in total. The SMILES string of the molecule is CCCNC(C)(C#N)CCN1CCC(CCC)C1. The molecule has 0 aromatic rings.